The first kappa shape index (κ1) is 43.0. The highest BCUT2D eigenvalue weighted by Crippen LogP contribution is 2.39. The number of carbonyl (C=O) groups is 3. The second kappa shape index (κ2) is 15.9. The quantitative estimate of drug-likeness (QED) is 0.146. The third-order valence-corrected chi connectivity index (χ3v) is 13.5. The molecular weight excluding hydrogens is 842 g/mol. The Morgan fingerprint density at radius 2 is 1.74 bits per heavy atom. The number of sulfone groups is 1. The molecule has 3 aliphatic rings. The summed E-state index contributed by atoms with van der Waals surface area (Å²) in [5, 5.41) is 9.82. The van der Waals surface area contributed by atoms with Crippen molar-refractivity contribution in [2.24, 2.45) is 13.0 Å². The summed E-state index contributed by atoms with van der Waals surface area (Å²) in [6.07, 6.45) is 1.04. The second-order valence-corrected chi connectivity index (χ2v) is 18.6. The van der Waals surface area contributed by atoms with Crippen molar-refractivity contribution < 1.29 is 44.8 Å². The molecule has 2 saturated heterocycles. The van der Waals surface area contributed by atoms with Crippen LogP contribution in [0.5, 0.6) is 0 Å². The lowest BCUT2D eigenvalue weighted by atomic mass is 9.85. The predicted octanol–water partition coefficient (Wildman–Crippen LogP) is 5.31. The Balaban J connectivity index is 0.917. The number of halogens is 5. The number of anilines is 2. The van der Waals surface area contributed by atoms with Crippen LogP contribution in [-0.4, -0.2) is 99.8 Å². The number of para-hydroxylation sites is 1. The van der Waals surface area contributed by atoms with Gasteiger partial charge in [-0.2, -0.15) is 18.3 Å². The summed E-state index contributed by atoms with van der Waals surface area (Å²) < 4.78 is 102. The molecule has 2 atom stereocenters. The van der Waals surface area contributed by atoms with E-state index >= 15 is 8.78 Å². The topological polar surface area (TPSA) is 174 Å². The number of hydrogen-bond donors (Lipinski definition) is 2. The lowest BCUT2D eigenvalue weighted by molar-refractivity contribution is -0.141. The minimum absolute atomic E-state index is 0.0776. The number of hydrogen-bond acceptors (Lipinski definition) is 10. The molecule has 0 spiro atoms. The third-order valence-electron chi connectivity index (χ3n) is 12.3. The van der Waals surface area contributed by atoms with Crippen molar-refractivity contribution in [3.05, 3.63) is 76.6 Å². The number of rotatable bonds is 9. The Labute approximate surface area is 351 Å². The highest BCUT2D eigenvalue weighted by Gasteiger charge is 2.47. The Bertz CT molecular complexity index is 2780. The van der Waals surface area contributed by atoms with E-state index in [1.807, 2.05) is 0 Å². The SMILES string of the molecule is CN(C[C@H]1CC[C@H](n2cc3cc(NC(=O)c4cccc(C(F)(F)F)n4)c(S(C)(=O)=O)cc3n2)CC1)C1CCN(c2cccc3c2n(C)c(=O)n3C2CCC(=O)NC2=O)CC1(F)F. The summed E-state index contributed by atoms with van der Waals surface area (Å²) in [7, 11) is -0.678. The normalized spacial score (nSPS) is 22.4. The van der Waals surface area contributed by atoms with Crippen LogP contribution in [0.3, 0.4) is 0 Å². The Kier molecular flexibility index (Phi) is 11.0. The van der Waals surface area contributed by atoms with Crippen molar-refractivity contribution >= 4 is 60.9 Å². The predicted molar refractivity (Wildman–Crippen MR) is 218 cm³/mol. The van der Waals surface area contributed by atoms with Crippen molar-refractivity contribution in [3.63, 3.8) is 0 Å². The first-order valence-corrected chi connectivity index (χ1v) is 22.0. The van der Waals surface area contributed by atoms with E-state index in [-0.39, 0.29) is 41.8 Å². The van der Waals surface area contributed by atoms with Crippen LogP contribution in [0.2, 0.25) is 0 Å². The van der Waals surface area contributed by atoms with Crippen LogP contribution >= 0.6 is 0 Å². The van der Waals surface area contributed by atoms with Gasteiger partial charge in [-0.1, -0.05) is 12.1 Å². The summed E-state index contributed by atoms with van der Waals surface area (Å²) in [4.78, 5) is 57.3. The van der Waals surface area contributed by atoms with Gasteiger partial charge in [0, 0.05) is 44.4 Å². The zero-order valence-corrected chi connectivity index (χ0v) is 34.8. The number of imide groups is 1. The summed E-state index contributed by atoms with van der Waals surface area (Å²) in [5.41, 5.74) is -0.781. The van der Waals surface area contributed by atoms with E-state index < -0.39 is 75.4 Å². The van der Waals surface area contributed by atoms with E-state index in [1.165, 1.54) is 21.3 Å². The molecule has 3 amide bonds. The number of piperidine rings is 2. The van der Waals surface area contributed by atoms with Gasteiger partial charge in [0.05, 0.1) is 51.4 Å². The van der Waals surface area contributed by atoms with Crippen molar-refractivity contribution in [3.8, 4) is 0 Å². The number of fused-ring (bicyclic) bond motifs is 2. The lowest BCUT2D eigenvalue weighted by Crippen LogP contribution is -2.58. The average molecular weight is 886 g/mol. The molecule has 3 aromatic heterocycles. The fourth-order valence-electron chi connectivity index (χ4n) is 9.27. The molecule has 1 aliphatic carbocycles. The number of nitrogens with one attached hydrogen (secondary N) is 2. The molecule has 8 rings (SSSR count). The number of aromatic nitrogens is 5. The molecule has 15 nitrogen and oxygen atoms in total. The maximum Gasteiger partial charge on any atom is 0.433 e. The minimum Gasteiger partial charge on any atom is -0.364 e. The first-order valence-electron chi connectivity index (χ1n) is 20.1. The highest BCUT2D eigenvalue weighted by molar-refractivity contribution is 7.90. The molecular formula is C41H44F5N9O6S. The van der Waals surface area contributed by atoms with E-state index in [0.717, 1.165) is 37.3 Å². The van der Waals surface area contributed by atoms with Crippen molar-refractivity contribution in [1.82, 2.24) is 34.1 Å². The summed E-state index contributed by atoms with van der Waals surface area (Å²) in [6, 6.07) is 8.59. The third kappa shape index (κ3) is 8.18. The number of nitrogens with zero attached hydrogens (tertiary/aromatic N) is 7. The smallest absolute Gasteiger partial charge is 0.364 e. The van der Waals surface area contributed by atoms with E-state index in [4.69, 9.17) is 0 Å². The maximum absolute atomic E-state index is 16.1. The Hall–Kier alpha value is -5.70. The van der Waals surface area contributed by atoms with Crippen molar-refractivity contribution in [2.75, 3.05) is 43.2 Å². The van der Waals surface area contributed by atoms with Gasteiger partial charge >= 0.3 is 11.9 Å². The minimum atomic E-state index is -4.79. The number of amides is 3. The van der Waals surface area contributed by atoms with Crippen LogP contribution < -0.4 is 21.2 Å². The summed E-state index contributed by atoms with van der Waals surface area (Å²) >= 11 is 0. The van der Waals surface area contributed by atoms with Gasteiger partial charge in [-0.3, -0.25) is 38.4 Å². The van der Waals surface area contributed by atoms with E-state index in [1.54, 1.807) is 53.0 Å². The molecule has 3 fully saturated rings. The molecule has 62 heavy (non-hydrogen) atoms. The molecule has 0 radical (unpaired) electrons. The fraction of sp³-hybridized carbons (Fsp3) is 0.463. The van der Waals surface area contributed by atoms with Crippen LogP contribution in [-0.2, 0) is 32.7 Å². The van der Waals surface area contributed by atoms with Crippen molar-refractivity contribution in [2.45, 2.75) is 80.1 Å². The molecule has 5 heterocycles. The molecule has 0 bridgehead atoms. The molecule has 330 valence electrons. The molecule has 5 aromatic rings. The van der Waals surface area contributed by atoms with Gasteiger partial charge in [0.2, 0.25) is 11.8 Å². The maximum atomic E-state index is 16.1. The van der Waals surface area contributed by atoms with E-state index in [9.17, 15) is 40.8 Å². The van der Waals surface area contributed by atoms with E-state index in [0.29, 0.717) is 53.6 Å². The number of imidazole rings is 1. The van der Waals surface area contributed by atoms with Gasteiger partial charge in [0.15, 0.2) is 9.84 Å². The Morgan fingerprint density at radius 3 is 2.42 bits per heavy atom. The number of carbonyl (C=O) groups excluding carboxylic acids is 3. The van der Waals surface area contributed by atoms with Crippen LogP contribution in [0.1, 0.15) is 73.2 Å². The first-order chi connectivity index (χ1) is 29.2. The molecule has 2 unspecified atom stereocenters. The summed E-state index contributed by atoms with van der Waals surface area (Å²) in [5.74, 6) is -5.01. The van der Waals surface area contributed by atoms with Gasteiger partial charge in [-0.15, -0.1) is 0 Å². The van der Waals surface area contributed by atoms with Gasteiger partial charge < -0.3 is 10.2 Å². The fourth-order valence-corrected chi connectivity index (χ4v) is 10.1. The number of benzene rings is 2. The largest absolute Gasteiger partial charge is 0.433 e. The van der Waals surface area contributed by atoms with Gasteiger partial charge in [0.1, 0.15) is 17.4 Å². The molecule has 2 N–H and O–H groups in total. The molecule has 2 aromatic carbocycles. The van der Waals surface area contributed by atoms with E-state index in [2.05, 4.69) is 20.7 Å². The van der Waals surface area contributed by atoms with Crippen LogP contribution in [0.25, 0.3) is 21.9 Å². The highest BCUT2D eigenvalue weighted by atomic mass is 32.2. The van der Waals surface area contributed by atoms with Crippen LogP contribution in [0.15, 0.2) is 64.4 Å². The van der Waals surface area contributed by atoms with Gasteiger partial charge in [0.25, 0.3) is 11.8 Å². The zero-order valence-electron chi connectivity index (χ0n) is 34.0. The van der Waals surface area contributed by atoms with Gasteiger partial charge in [-0.05, 0) is 87.9 Å². The zero-order chi connectivity index (χ0) is 44.5. The number of aryl methyl sites for hydroxylation is 1. The second-order valence-electron chi connectivity index (χ2n) is 16.6. The number of pyridine rings is 1. The van der Waals surface area contributed by atoms with Crippen LogP contribution in [0.4, 0.5) is 33.3 Å². The van der Waals surface area contributed by atoms with Gasteiger partial charge in [-0.25, -0.2) is 27.0 Å². The average Bonchev–Trinajstić information content (AvgIpc) is 3.74. The molecule has 2 aliphatic heterocycles. The lowest BCUT2D eigenvalue weighted by Gasteiger charge is -2.44. The Morgan fingerprint density at radius 1 is 1.02 bits per heavy atom. The number of alkyl halides is 5. The molecule has 21 heteroatoms. The standard InChI is InChI=1S/C41H44F5N9O6S/c1-51(34-16-17-53(22-40(34,42)43)29-7-5-8-30-36(29)52(2)39(59)55(30)31-14-15-35(56)49-38(31)58)20-23-10-12-25(13-11-23)54-21-24-18-28(32(62(3,60)61)19-27(24)50-54)48-37(57)26-6-4-9-33(47-26)41(44,45)46/h4-9,18-19,21,23,25,31,34H,10-17,20,22H2,1-3H3,(H,48,57)(H,49,56,58)/t23-,25-,31?,34?. The van der Waals surface area contributed by atoms with Crippen molar-refractivity contribution in [1.29, 1.82) is 0 Å². The molecule has 1 saturated carbocycles. The summed E-state index contributed by atoms with van der Waals surface area (Å²) in [6.45, 7) is 0.164. The monoisotopic (exact) mass is 885 g/mol. The van der Waals surface area contributed by atoms with Crippen LogP contribution in [0, 0.1) is 5.92 Å².